The molecule has 3 saturated carbocycles. The molecule has 3 fully saturated rings. The fourth-order valence-corrected chi connectivity index (χ4v) is 9.22. The number of hydrogen-bond donors (Lipinski definition) is 2. The molecule has 0 bridgehead atoms. The van der Waals surface area contributed by atoms with Gasteiger partial charge in [-0.25, -0.2) is 0 Å². The molecule has 2 N–H and O–H groups in total. The highest BCUT2D eigenvalue weighted by Gasteiger charge is 2.61. The first-order valence-corrected chi connectivity index (χ1v) is 13.2. The molecule has 2 heteroatoms. The van der Waals surface area contributed by atoms with E-state index in [9.17, 15) is 10.2 Å². The summed E-state index contributed by atoms with van der Waals surface area (Å²) in [7, 11) is 0. The fraction of sp³-hybridized carbons (Fsp3) is 0.862. The predicted molar refractivity (Wildman–Crippen MR) is 130 cm³/mol. The van der Waals surface area contributed by atoms with E-state index in [1.807, 2.05) is 6.92 Å². The summed E-state index contributed by atoms with van der Waals surface area (Å²) in [6, 6.07) is 0. The standard InChI is InChI=1S/C29H48O2/c1-19(18-30)8-7-9-20(2)22-11-12-23-21-10-13-25-27(3,4)26(31)15-17-29(25,6)24(21)14-16-28(22,23)5/h8,13,20-24,26,30-31H,7,9-12,14-18H2,1-6H3/b19-8-/t20-,21+,22-,23+,24+,26-,28-,29-/m1/s1. The van der Waals surface area contributed by atoms with Gasteiger partial charge in [-0.3, -0.25) is 0 Å². The van der Waals surface area contributed by atoms with E-state index in [0.717, 1.165) is 48.0 Å². The molecule has 8 atom stereocenters. The van der Waals surface area contributed by atoms with E-state index in [0.29, 0.717) is 10.8 Å². The van der Waals surface area contributed by atoms with Crippen LogP contribution in [0.5, 0.6) is 0 Å². The Morgan fingerprint density at radius 1 is 1.10 bits per heavy atom. The summed E-state index contributed by atoms with van der Waals surface area (Å²) in [5, 5.41) is 20.0. The molecule has 4 aliphatic rings. The van der Waals surface area contributed by atoms with Crippen molar-refractivity contribution in [3.63, 3.8) is 0 Å². The minimum absolute atomic E-state index is 0.0638. The fourth-order valence-electron chi connectivity index (χ4n) is 9.22. The van der Waals surface area contributed by atoms with Gasteiger partial charge in [0.25, 0.3) is 0 Å². The summed E-state index contributed by atoms with van der Waals surface area (Å²) >= 11 is 0. The van der Waals surface area contributed by atoms with Crippen LogP contribution in [0.4, 0.5) is 0 Å². The van der Waals surface area contributed by atoms with Crippen molar-refractivity contribution < 1.29 is 10.2 Å². The summed E-state index contributed by atoms with van der Waals surface area (Å²) in [4.78, 5) is 0. The van der Waals surface area contributed by atoms with E-state index in [-0.39, 0.29) is 18.1 Å². The van der Waals surface area contributed by atoms with Crippen LogP contribution in [0.3, 0.4) is 0 Å². The first kappa shape index (κ1) is 23.6. The molecular weight excluding hydrogens is 380 g/mol. The Hall–Kier alpha value is -0.600. The van der Waals surface area contributed by atoms with Crippen LogP contribution in [0, 0.1) is 45.8 Å². The molecule has 2 nitrogen and oxygen atoms in total. The zero-order valence-corrected chi connectivity index (χ0v) is 21.1. The molecule has 0 heterocycles. The van der Waals surface area contributed by atoms with Crippen molar-refractivity contribution in [2.24, 2.45) is 45.8 Å². The predicted octanol–water partition coefficient (Wildman–Crippen LogP) is 6.92. The molecule has 0 aromatic rings. The highest BCUT2D eigenvalue weighted by molar-refractivity contribution is 5.31. The highest BCUT2D eigenvalue weighted by Crippen LogP contribution is 2.68. The molecule has 4 rings (SSSR count). The number of hydrogen-bond acceptors (Lipinski definition) is 2. The van der Waals surface area contributed by atoms with Crippen LogP contribution in [0.1, 0.15) is 99.3 Å². The van der Waals surface area contributed by atoms with Crippen molar-refractivity contribution >= 4 is 0 Å². The van der Waals surface area contributed by atoms with Gasteiger partial charge in [0.15, 0.2) is 0 Å². The summed E-state index contributed by atoms with van der Waals surface area (Å²) in [6.45, 7) is 14.5. The van der Waals surface area contributed by atoms with Crippen molar-refractivity contribution in [3.05, 3.63) is 23.3 Å². The molecule has 31 heavy (non-hydrogen) atoms. The third kappa shape index (κ3) is 3.68. The molecule has 4 aliphatic carbocycles. The first-order chi connectivity index (χ1) is 14.6. The molecule has 0 aliphatic heterocycles. The Balaban J connectivity index is 1.53. The van der Waals surface area contributed by atoms with Gasteiger partial charge in [-0.05, 0) is 105 Å². The Kier molecular flexibility index (Phi) is 6.32. The lowest BCUT2D eigenvalue weighted by molar-refractivity contribution is -0.0781. The number of aliphatic hydroxyl groups is 2. The van der Waals surface area contributed by atoms with E-state index < -0.39 is 0 Å². The van der Waals surface area contributed by atoms with Crippen LogP contribution >= 0.6 is 0 Å². The quantitative estimate of drug-likeness (QED) is 0.467. The molecule has 0 amide bonds. The second-order valence-electron chi connectivity index (χ2n) is 12.9. The van der Waals surface area contributed by atoms with Crippen LogP contribution in [-0.4, -0.2) is 22.9 Å². The van der Waals surface area contributed by atoms with Gasteiger partial charge in [0.2, 0.25) is 0 Å². The Morgan fingerprint density at radius 2 is 1.84 bits per heavy atom. The molecule has 0 spiro atoms. The number of allylic oxidation sites excluding steroid dienone is 2. The molecule has 0 aromatic carbocycles. The summed E-state index contributed by atoms with van der Waals surface area (Å²) < 4.78 is 0. The van der Waals surface area contributed by atoms with Crippen LogP contribution in [0.15, 0.2) is 23.3 Å². The minimum atomic E-state index is -0.183. The maximum atomic E-state index is 10.7. The van der Waals surface area contributed by atoms with Crippen molar-refractivity contribution in [1.29, 1.82) is 0 Å². The Labute approximate surface area is 191 Å². The van der Waals surface area contributed by atoms with Crippen molar-refractivity contribution in [3.8, 4) is 0 Å². The smallest absolute Gasteiger partial charge is 0.0639 e. The van der Waals surface area contributed by atoms with Crippen molar-refractivity contribution in [1.82, 2.24) is 0 Å². The Bertz CT molecular complexity index is 733. The maximum absolute atomic E-state index is 10.7. The third-order valence-electron chi connectivity index (χ3n) is 11.1. The van der Waals surface area contributed by atoms with Crippen molar-refractivity contribution in [2.45, 2.75) is 105 Å². The van der Waals surface area contributed by atoms with Gasteiger partial charge < -0.3 is 10.2 Å². The summed E-state index contributed by atoms with van der Waals surface area (Å²) in [6.07, 6.45) is 16.0. The van der Waals surface area contributed by atoms with Gasteiger partial charge in [-0.15, -0.1) is 0 Å². The zero-order chi connectivity index (χ0) is 22.6. The topological polar surface area (TPSA) is 40.5 Å². The van der Waals surface area contributed by atoms with E-state index in [1.54, 1.807) is 5.57 Å². The van der Waals surface area contributed by atoms with E-state index in [4.69, 9.17) is 0 Å². The molecular formula is C29H48O2. The lowest BCUT2D eigenvalue weighted by Gasteiger charge is -2.61. The largest absolute Gasteiger partial charge is 0.392 e. The van der Waals surface area contributed by atoms with Crippen molar-refractivity contribution in [2.75, 3.05) is 6.61 Å². The van der Waals surface area contributed by atoms with Crippen LogP contribution in [0.2, 0.25) is 0 Å². The van der Waals surface area contributed by atoms with Gasteiger partial charge in [-0.2, -0.15) is 0 Å². The Morgan fingerprint density at radius 3 is 2.55 bits per heavy atom. The second-order valence-corrected chi connectivity index (χ2v) is 12.9. The zero-order valence-electron chi connectivity index (χ0n) is 21.1. The van der Waals surface area contributed by atoms with Crippen LogP contribution in [-0.2, 0) is 0 Å². The highest BCUT2D eigenvalue weighted by atomic mass is 16.3. The molecule has 0 aromatic heterocycles. The SMILES string of the molecule is C/C(=C/CC[C@@H](C)[C@H]1CC[C@H]2[C@@H]3CC=C4C(C)(C)[C@H](O)CC[C@]4(C)[C@H]3CC[C@]12C)CO. The normalized spacial score (nSPS) is 45.4. The van der Waals surface area contributed by atoms with Gasteiger partial charge >= 0.3 is 0 Å². The van der Waals surface area contributed by atoms with E-state index in [1.165, 1.54) is 44.9 Å². The lowest BCUT2D eigenvalue weighted by atomic mass is 9.44. The number of fused-ring (bicyclic) bond motifs is 5. The van der Waals surface area contributed by atoms with Crippen LogP contribution < -0.4 is 0 Å². The number of rotatable bonds is 5. The summed E-state index contributed by atoms with van der Waals surface area (Å²) in [5.41, 5.74) is 3.43. The summed E-state index contributed by atoms with van der Waals surface area (Å²) in [5.74, 6) is 4.14. The molecule has 176 valence electrons. The number of aliphatic hydroxyl groups excluding tert-OH is 2. The molecule has 0 radical (unpaired) electrons. The van der Waals surface area contributed by atoms with Gasteiger partial charge in [0, 0.05) is 5.41 Å². The lowest BCUT2D eigenvalue weighted by Crippen LogP contribution is -2.54. The van der Waals surface area contributed by atoms with E-state index in [2.05, 4.69) is 46.8 Å². The van der Waals surface area contributed by atoms with E-state index >= 15 is 0 Å². The average molecular weight is 429 g/mol. The third-order valence-corrected chi connectivity index (χ3v) is 11.1. The van der Waals surface area contributed by atoms with Crippen LogP contribution in [0.25, 0.3) is 0 Å². The van der Waals surface area contributed by atoms with Gasteiger partial charge in [0.05, 0.1) is 12.7 Å². The van der Waals surface area contributed by atoms with Gasteiger partial charge in [0.1, 0.15) is 0 Å². The molecule has 0 saturated heterocycles. The second kappa shape index (κ2) is 8.32. The monoisotopic (exact) mass is 428 g/mol. The van der Waals surface area contributed by atoms with Gasteiger partial charge in [-0.1, -0.05) is 57.9 Å². The minimum Gasteiger partial charge on any atom is -0.392 e. The average Bonchev–Trinajstić information content (AvgIpc) is 3.08. The maximum Gasteiger partial charge on any atom is 0.0639 e. The molecule has 0 unspecified atom stereocenters. The first-order valence-electron chi connectivity index (χ1n) is 13.2.